The summed E-state index contributed by atoms with van der Waals surface area (Å²) >= 11 is 0. The maximum Gasteiger partial charge on any atom is 0.120 e. The highest BCUT2D eigenvalue weighted by molar-refractivity contribution is 6.10. The number of pyridine rings is 4. The van der Waals surface area contributed by atoms with Gasteiger partial charge in [-0.2, -0.15) is 0 Å². The van der Waals surface area contributed by atoms with Crippen LogP contribution >= 0.6 is 0 Å². The number of benzene rings is 8. The predicted octanol–water partition coefficient (Wildman–Crippen LogP) is 17.2. The third-order valence-corrected chi connectivity index (χ3v) is 14.9. The van der Waals surface area contributed by atoms with Gasteiger partial charge in [0.15, 0.2) is 0 Å². The van der Waals surface area contributed by atoms with Crippen LogP contribution < -0.4 is 4.74 Å². The normalized spacial score (nSPS) is 11.5. The van der Waals surface area contributed by atoms with Crippen LogP contribution in [-0.4, -0.2) is 29.1 Å². The summed E-state index contributed by atoms with van der Waals surface area (Å²) in [5.74, 6) is 0.785. The van der Waals surface area contributed by atoms with Crippen molar-refractivity contribution >= 4 is 43.6 Å². The van der Waals surface area contributed by atoms with Gasteiger partial charge >= 0.3 is 0 Å². The van der Waals surface area contributed by atoms with Crippen molar-refractivity contribution in [1.29, 1.82) is 0 Å². The number of aryl methyl sites for hydroxylation is 2. The number of hydrogen-bond donors (Lipinski definition) is 0. The van der Waals surface area contributed by atoms with E-state index >= 15 is 0 Å². The second kappa shape index (κ2) is 20.1. The lowest BCUT2D eigenvalue weighted by molar-refractivity contribution is 0.306. The number of fused-ring (bicyclic) bond motifs is 6. The fraction of sp³-hybridized carbons (Fsp3) is 0.0423. The maximum absolute atomic E-state index is 6.62. The van der Waals surface area contributed by atoms with Crippen LogP contribution in [0.5, 0.6) is 5.75 Å². The van der Waals surface area contributed by atoms with Crippen LogP contribution in [-0.2, 0) is 19.4 Å². The van der Waals surface area contributed by atoms with Crippen LogP contribution in [0, 0.1) is 0 Å². The molecule has 0 saturated carbocycles. The summed E-state index contributed by atoms with van der Waals surface area (Å²) in [6.45, 7) is 0.387. The van der Waals surface area contributed by atoms with Gasteiger partial charge in [-0.05, 0) is 132 Å². The van der Waals surface area contributed by atoms with E-state index in [-0.39, 0.29) is 0 Å². The number of aromatic nitrogens is 6. The van der Waals surface area contributed by atoms with Gasteiger partial charge in [-0.15, -0.1) is 0 Å². The Bertz CT molecular complexity index is 4090. The first-order chi connectivity index (χ1) is 38.6. The molecular weight excluding hydrogens is 953 g/mol. The molecule has 78 heavy (non-hydrogen) atoms. The zero-order valence-corrected chi connectivity index (χ0v) is 42.6. The molecule has 0 amide bonds. The Labute approximate surface area is 452 Å². The van der Waals surface area contributed by atoms with Gasteiger partial charge in [-0.25, -0.2) is 9.97 Å². The molecule has 0 bridgehead atoms. The third-order valence-electron chi connectivity index (χ3n) is 14.9. The molecule has 0 unspecified atom stereocenters. The van der Waals surface area contributed by atoms with Crippen molar-refractivity contribution in [3.8, 4) is 73.3 Å². The minimum absolute atomic E-state index is 0.387. The SMILES string of the molecule is c1ccc(-c2cc(CCc3ccc4c(c3)c3cnccc3n4-c3cccc(-c4cccc(-n5c6ccncc6c6cc(OCc7cc(-c8ccccc8)nc(-c8ccccc8)c7)ccc65)c4)c3)cc(-c3ccccc3)n2)cc1. The Morgan fingerprint density at radius 1 is 0.308 bits per heavy atom. The van der Waals surface area contributed by atoms with E-state index < -0.39 is 0 Å². The van der Waals surface area contributed by atoms with Crippen molar-refractivity contribution in [2.24, 2.45) is 0 Å². The molecule has 0 saturated heterocycles. The summed E-state index contributed by atoms with van der Waals surface area (Å²) in [4.78, 5) is 19.4. The molecule has 0 fully saturated rings. The molecule has 0 aliphatic carbocycles. The molecule has 0 N–H and O–H groups in total. The largest absolute Gasteiger partial charge is 0.489 e. The summed E-state index contributed by atoms with van der Waals surface area (Å²) < 4.78 is 11.3. The van der Waals surface area contributed by atoms with E-state index in [0.29, 0.717) is 6.61 Å². The van der Waals surface area contributed by atoms with E-state index in [1.807, 2.05) is 61.2 Å². The molecule has 0 spiro atoms. The summed E-state index contributed by atoms with van der Waals surface area (Å²) in [6, 6.07) is 85.6. The van der Waals surface area contributed by atoms with Crippen LogP contribution in [0.2, 0.25) is 0 Å². The summed E-state index contributed by atoms with van der Waals surface area (Å²) in [5.41, 5.74) is 20.6. The van der Waals surface area contributed by atoms with Crippen molar-refractivity contribution in [3.05, 3.63) is 284 Å². The van der Waals surface area contributed by atoms with Gasteiger partial charge in [-0.1, -0.05) is 152 Å². The first-order valence-corrected chi connectivity index (χ1v) is 26.5. The van der Waals surface area contributed by atoms with Gasteiger partial charge in [0.2, 0.25) is 0 Å². The molecule has 8 aromatic carbocycles. The minimum atomic E-state index is 0.387. The molecule has 0 aliphatic rings. The fourth-order valence-corrected chi connectivity index (χ4v) is 11.1. The topological polar surface area (TPSA) is 70.7 Å². The second-order valence-electron chi connectivity index (χ2n) is 19.8. The first kappa shape index (κ1) is 46.3. The van der Waals surface area contributed by atoms with Crippen LogP contribution in [0.15, 0.2) is 267 Å². The van der Waals surface area contributed by atoms with Crippen LogP contribution in [0.3, 0.4) is 0 Å². The highest BCUT2D eigenvalue weighted by Crippen LogP contribution is 2.38. The van der Waals surface area contributed by atoms with Crippen LogP contribution in [0.1, 0.15) is 16.7 Å². The predicted molar refractivity (Wildman–Crippen MR) is 318 cm³/mol. The lowest BCUT2D eigenvalue weighted by Crippen LogP contribution is -1.99. The average Bonchev–Trinajstić information content (AvgIpc) is 4.07. The lowest BCUT2D eigenvalue weighted by Gasteiger charge is -2.13. The molecule has 6 aromatic heterocycles. The monoisotopic (exact) mass is 1000 g/mol. The Balaban J connectivity index is 0.761. The second-order valence-corrected chi connectivity index (χ2v) is 19.8. The molecule has 14 aromatic rings. The minimum Gasteiger partial charge on any atom is -0.489 e. The molecule has 370 valence electrons. The van der Waals surface area contributed by atoms with Gasteiger partial charge in [0, 0.05) is 80.0 Å². The van der Waals surface area contributed by atoms with Gasteiger partial charge in [0.1, 0.15) is 12.4 Å². The van der Waals surface area contributed by atoms with E-state index in [1.54, 1.807) is 0 Å². The molecule has 14 rings (SSSR count). The zero-order chi connectivity index (χ0) is 51.8. The summed E-state index contributed by atoms with van der Waals surface area (Å²) in [6.07, 6.45) is 9.50. The Morgan fingerprint density at radius 3 is 1.21 bits per heavy atom. The number of nitrogens with zero attached hydrogens (tertiary/aromatic N) is 6. The number of ether oxygens (including phenoxy) is 1. The van der Waals surface area contributed by atoms with Gasteiger partial charge in [-0.3, -0.25) is 9.97 Å². The standard InChI is InChI=1S/C71H50N6O/c1-5-15-51(16-6-1)64-38-49(39-65(74-64)52-17-7-2-8-18-52)28-27-48-29-31-68-60(37-48)62-45-72-35-33-70(62)76(68)57-25-13-23-55(42-57)56-24-14-26-58(43-56)77-69-32-30-59(44-61(69)63-46-73-36-34-71(63)77)78-47-50-40-66(53-19-9-3-10-20-53)75-67(41-50)54-21-11-4-12-22-54/h1-26,29-46H,27-28,47H2. The highest BCUT2D eigenvalue weighted by atomic mass is 16.5. The summed E-state index contributed by atoms with van der Waals surface area (Å²) in [7, 11) is 0. The van der Waals surface area contributed by atoms with E-state index in [2.05, 4.69) is 225 Å². The lowest BCUT2D eigenvalue weighted by atomic mass is 9.99. The van der Waals surface area contributed by atoms with Gasteiger partial charge in [0.25, 0.3) is 0 Å². The molecule has 0 aliphatic heterocycles. The smallest absolute Gasteiger partial charge is 0.120 e. The number of rotatable bonds is 13. The molecule has 0 atom stereocenters. The van der Waals surface area contributed by atoms with Crippen molar-refractivity contribution < 1.29 is 4.74 Å². The highest BCUT2D eigenvalue weighted by Gasteiger charge is 2.18. The Kier molecular flexibility index (Phi) is 11.9. The number of hydrogen-bond acceptors (Lipinski definition) is 5. The van der Waals surface area contributed by atoms with E-state index in [1.165, 1.54) is 16.5 Å². The fourth-order valence-electron chi connectivity index (χ4n) is 11.1. The van der Waals surface area contributed by atoms with Crippen LogP contribution in [0.25, 0.3) is 111 Å². The van der Waals surface area contributed by atoms with E-state index in [9.17, 15) is 0 Å². The Hall–Kier alpha value is -10.2. The Morgan fingerprint density at radius 2 is 0.718 bits per heavy atom. The molecule has 7 nitrogen and oxygen atoms in total. The quantitative estimate of drug-likeness (QED) is 0.115. The van der Waals surface area contributed by atoms with Gasteiger partial charge < -0.3 is 13.9 Å². The van der Waals surface area contributed by atoms with Crippen molar-refractivity contribution in [3.63, 3.8) is 0 Å². The first-order valence-electron chi connectivity index (χ1n) is 26.5. The van der Waals surface area contributed by atoms with Crippen molar-refractivity contribution in [2.75, 3.05) is 0 Å². The molecule has 0 radical (unpaired) electrons. The van der Waals surface area contributed by atoms with Crippen LogP contribution in [0.4, 0.5) is 0 Å². The molecule has 7 heteroatoms. The van der Waals surface area contributed by atoms with Crippen molar-refractivity contribution in [1.82, 2.24) is 29.1 Å². The summed E-state index contributed by atoms with van der Waals surface area (Å²) in [5, 5.41) is 4.45. The molecule has 6 heterocycles. The van der Waals surface area contributed by atoms with Gasteiger partial charge in [0.05, 0.1) is 44.8 Å². The van der Waals surface area contributed by atoms with Crippen molar-refractivity contribution in [2.45, 2.75) is 19.4 Å². The zero-order valence-electron chi connectivity index (χ0n) is 42.6. The third kappa shape index (κ3) is 8.93. The van der Waals surface area contributed by atoms with E-state index in [0.717, 1.165) is 130 Å². The molecular formula is C71H50N6O. The maximum atomic E-state index is 6.62. The van der Waals surface area contributed by atoms with E-state index in [4.69, 9.17) is 14.7 Å². The average molecular weight is 1000 g/mol.